The summed E-state index contributed by atoms with van der Waals surface area (Å²) in [5.41, 5.74) is 4.81. The lowest BCUT2D eigenvalue weighted by molar-refractivity contribution is 0.101. The Kier molecular flexibility index (Phi) is 5.78. The number of ketones is 1. The van der Waals surface area contributed by atoms with E-state index in [-0.39, 0.29) is 17.2 Å². The van der Waals surface area contributed by atoms with E-state index in [2.05, 4.69) is 9.71 Å². The molecule has 3 aromatic rings. The zero-order chi connectivity index (χ0) is 21.1. The van der Waals surface area contributed by atoms with Crippen LogP contribution < -0.4 is 4.72 Å². The van der Waals surface area contributed by atoms with E-state index in [1.54, 1.807) is 24.5 Å². The number of hydrogen-bond acceptors (Lipinski definition) is 5. The summed E-state index contributed by atoms with van der Waals surface area (Å²) in [6.07, 6.45) is 7.69. The lowest BCUT2D eigenvalue weighted by atomic mass is 9.94. The van der Waals surface area contributed by atoms with Crippen LogP contribution in [0.3, 0.4) is 0 Å². The van der Waals surface area contributed by atoms with Crippen LogP contribution in [-0.4, -0.2) is 35.5 Å². The van der Waals surface area contributed by atoms with Crippen LogP contribution in [0.15, 0.2) is 53.7 Å². The van der Waals surface area contributed by atoms with Gasteiger partial charge in [0.05, 0.1) is 17.1 Å². The van der Waals surface area contributed by atoms with Crippen LogP contribution in [-0.2, 0) is 29.4 Å². The molecule has 1 aliphatic rings. The third-order valence-electron chi connectivity index (χ3n) is 5.38. The molecule has 7 nitrogen and oxygen atoms in total. The first-order valence-corrected chi connectivity index (χ1v) is 11.5. The fourth-order valence-electron chi connectivity index (χ4n) is 3.85. The first-order valence-electron chi connectivity index (χ1n) is 10.1. The van der Waals surface area contributed by atoms with E-state index in [1.165, 1.54) is 30.3 Å². The first-order chi connectivity index (χ1) is 14.5. The molecular weight excluding hydrogens is 400 g/mol. The van der Waals surface area contributed by atoms with E-state index in [0.29, 0.717) is 12.1 Å². The van der Waals surface area contributed by atoms with Crippen molar-refractivity contribution < 1.29 is 13.2 Å². The molecule has 2 aromatic heterocycles. The molecule has 0 fully saturated rings. The molecule has 0 unspecified atom stereocenters. The van der Waals surface area contributed by atoms with Crippen LogP contribution in [0.1, 0.15) is 41.4 Å². The first kappa shape index (κ1) is 20.4. The molecule has 4 rings (SSSR count). The zero-order valence-corrected chi connectivity index (χ0v) is 17.7. The molecule has 0 spiro atoms. The molecule has 1 N–H and O–H groups in total. The molecule has 30 heavy (non-hydrogen) atoms. The average molecular weight is 425 g/mol. The van der Waals surface area contributed by atoms with Crippen molar-refractivity contribution in [3.05, 3.63) is 65.6 Å². The highest BCUT2D eigenvalue weighted by Gasteiger charge is 2.22. The average Bonchev–Trinajstić information content (AvgIpc) is 3.13. The standard InChI is InChI=1S/C22H24N4O3S/c1-16(27)18-5-4-6-19(15-18)30(28,29)24-13-14-26-21-8-3-2-7-20(21)22(25-26)17-9-11-23-12-10-17/h4-6,9-12,15,24H,2-3,7-8,13-14H2,1H3. The third kappa shape index (κ3) is 4.20. The number of pyridine rings is 1. The molecule has 0 atom stereocenters. The maximum absolute atomic E-state index is 12.7. The van der Waals surface area contributed by atoms with Crippen LogP contribution >= 0.6 is 0 Å². The number of Topliss-reactive ketones (excluding diaryl/α,β-unsaturated/α-hetero) is 1. The van der Waals surface area contributed by atoms with Gasteiger partial charge in [-0.25, -0.2) is 13.1 Å². The van der Waals surface area contributed by atoms with Crippen LogP contribution in [0.2, 0.25) is 0 Å². The molecule has 0 saturated heterocycles. The topological polar surface area (TPSA) is 94.0 Å². The van der Waals surface area contributed by atoms with Gasteiger partial charge in [-0.1, -0.05) is 12.1 Å². The number of benzene rings is 1. The Bertz CT molecular complexity index is 1170. The maximum atomic E-state index is 12.7. The Labute approximate surface area is 176 Å². The minimum Gasteiger partial charge on any atom is -0.295 e. The predicted molar refractivity (Wildman–Crippen MR) is 114 cm³/mol. The largest absolute Gasteiger partial charge is 0.295 e. The molecule has 0 radical (unpaired) electrons. The van der Waals surface area contributed by atoms with Gasteiger partial charge in [0.25, 0.3) is 0 Å². The van der Waals surface area contributed by atoms with E-state index >= 15 is 0 Å². The van der Waals surface area contributed by atoms with Crippen molar-refractivity contribution in [1.29, 1.82) is 0 Å². The minimum absolute atomic E-state index is 0.0927. The van der Waals surface area contributed by atoms with E-state index in [1.807, 2.05) is 16.8 Å². The van der Waals surface area contributed by atoms with Gasteiger partial charge in [-0.3, -0.25) is 14.5 Å². The lowest BCUT2D eigenvalue weighted by Gasteiger charge is -2.14. The van der Waals surface area contributed by atoms with Gasteiger partial charge in [-0.05, 0) is 56.9 Å². The van der Waals surface area contributed by atoms with Crippen molar-refractivity contribution in [2.75, 3.05) is 6.54 Å². The summed E-state index contributed by atoms with van der Waals surface area (Å²) < 4.78 is 29.9. The Morgan fingerprint density at radius 3 is 2.67 bits per heavy atom. The summed E-state index contributed by atoms with van der Waals surface area (Å²) in [7, 11) is -3.70. The number of rotatable bonds is 7. The van der Waals surface area contributed by atoms with Crippen molar-refractivity contribution in [3.8, 4) is 11.3 Å². The van der Waals surface area contributed by atoms with Gasteiger partial charge in [-0.2, -0.15) is 5.10 Å². The predicted octanol–water partition coefficient (Wildman–Crippen LogP) is 3.01. The van der Waals surface area contributed by atoms with Crippen LogP contribution in [0.4, 0.5) is 0 Å². The molecule has 0 aliphatic heterocycles. The van der Waals surface area contributed by atoms with Crippen molar-refractivity contribution in [3.63, 3.8) is 0 Å². The van der Waals surface area contributed by atoms with Crippen LogP contribution in [0.25, 0.3) is 11.3 Å². The van der Waals surface area contributed by atoms with Gasteiger partial charge in [0.1, 0.15) is 0 Å². The van der Waals surface area contributed by atoms with Gasteiger partial charge < -0.3 is 0 Å². The van der Waals surface area contributed by atoms with E-state index in [4.69, 9.17) is 5.10 Å². The number of hydrogen-bond donors (Lipinski definition) is 1. The number of carbonyl (C=O) groups is 1. The number of carbonyl (C=O) groups excluding carboxylic acids is 1. The number of fused-ring (bicyclic) bond motifs is 1. The van der Waals surface area contributed by atoms with Gasteiger partial charge >= 0.3 is 0 Å². The second-order valence-electron chi connectivity index (χ2n) is 7.42. The highest BCUT2D eigenvalue weighted by atomic mass is 32.2. The molecule has 2 heterocycles. The molecule has 0 bridgehead atoms. The minimum atomic E-state index is -3.70. The Morgan fingerprint density at radius 2 is 1.90 bits per heavy atom. The van der Waals surface area contributed by atoms with Crippen LogP contribution in [0, 0.1) is 0 Å². The SMILES string of the molecule is CC(=O)c1cccc(S(=O)(=O)NCCn2nc(-c3ccncc3)c3c2CCCC3)c1. The summed E-state index contributed by atoms with van der Waals surface area (Å²) in [6.45, 7) is 2.08. The monoisotopic (exact) mass is 424 g/mol. The van der Waals surface area contributed by atoms with E-state index < -0.39 is 10.0 Å². The third-order valence-corrected chi connectivity index (χ3v) is 6.84. The van der Waals surface area contributed by atoms with Crippen molar-refractivity contribution in [2.45, 2.75) is 44.0 Å². The molecule has 156 valence electrons. The Balaban J connectivity index is 1.52. The van der Waals surface area contributed by atoms with Crippen molar-refractivity contribution in [1.82, 2.24) is 19.5 Å². The highest BCUT2D eigenvalue weighted by molar-refractivity contribution is 7.89. The second kappa shape index (κ2) is 8.49. The quantitative estimate of drug-likeness (QED) is 0.589. The molecular formula is C22H24N4O3S. The van der Waals surface area contributed by atoms with Gasteiger partial charge in [0.15, 0.2) is 5.78 Å². The smallest absolute Gasteiger partial charge is 0.240 e. The normalized spacial score (nSPS) is 13.8. The Morgan fingerprint density at radius 1 is 1.13 bits per heavy atom. The maximum Gasteiger partial charge on any atom is 0.240 e. The molecule has 0 saturated carbocycles. The molecule has 1 aromatic carbocycles. The van der Waals surface area contributed by atoms with Gasteiger partial charge in [0, 0.05) is 41.3 Å². The number of aromatic nitrogens is 3. The van der Waals surface area contributed by atoms with E-state index in [0.717, 1.165) is 36.9 Å². The Hall–Kier alpha value is -2.84. The van der Waals surface area contributed by atoms with Crippen LogP contribution in [0.5, 0.6) is 0 Å². The fraction of sp³-hybridized carbons (Fsp3) is 0.318. The summed E-state index contributed by atoms with van der Waals surface area (Å²) in [5.74, 6) is -0.168. The second-order valence-corrected chi connectivity index (χ2v) is 9.19. The summed E-state index contributed by atoms with van der Waals surface area (Å²) >= 11 is 0. The summed E-state index contributed by atoms with van der Waals surface area (Å²) in [6, 6.07) is 9.99. The summed E-state index contributed by atoms with van der Waals surface area (Å²) in [5, 5.41) is 4.80. The zero-order valence-electron chi connectivity index (χ0n) is 16.8. The van der Waals surface area contributed by atoms with E-state index in [9.17, 15) is 13.2 Å². The fourth-order valence-corrected chi connectivity index (χ4v) is 4.92. The van der Waals surface area contributed by atoms with Gasteiger partial charge in [-0.15, -0.1) is 0 Å². The molecule has 0 amide bonds. The summed E-state index contributed by atoms with van der Waals surface area (Å²) in [4.78, 5) is 15.7. The lowest BCUT2D eigenvalue weighted by Crippen LogP contribution is -2.28. The van der Waals surface area contributed by atoms with Crippen molar-refractivity contribution in [2.24, 2.45) is 0 Å². The van der Waals surface area contributed by atoms with Gasteiger partial charge in [0.2, 0.25) is 10.0 Å². The number of sulfonamides is 1. The molecule has 1 aliphatic carbocycles. The molecule has 8 heteroatoms. The number of nitrogens with one attached hydrogen (secondary N) is 1. The van der Waals surface area contributed by atoms with Crippen molar-refractivity contribution >= 4 is 15.8 Å². The highest BCUT2D eigenvalue weighted by Crippen LogP contribution is 2.30. The number of nitrogens with zero attached hydrogens (tertiary/aromatic N) is 3.